The number of aromatic nitrogens is 4. The van der Waals surface area contributed by atoms with Crippen molar-refractivity contribution in [3.05, 3.63) is 28.4 Å². The van der Waals surface area contributed by atoms with Crippen LogP contribution in [0.15, 0.2) is 17.2 Å². The first-order valence-electron chi connectivity index (χ1n) is 6.53. The molecular formula is C12H18N6O. The van der Waals surface area contributed by atoms with Crippen molar-refractivity contribution in [1.29, 1.82) is 0 Å². The van der Waals surface area contributed by atoms with E-state index in [9.17, 15) is 4.79 Å². The molecular weight excluding hydrogens is 244 g/mol. The average Bonchev–Trinajstić information content (AvgIpc) is 2.82. The summed E-state index contributed by atoms with van der Waals surface area (Å²) in [5.41, 5.74) is 6.70. The minimum absolute atomic E-state index is 0.132. The Morgan fingerprint density at radius 3 is 3.21 bits per heavy atom. The first kappa shape index (κ1) is 12.3. The zero-order chi connectivity index (χ0) is 13.4. The lowest BCUT2D eigenvalue weighted by Gasteiger charge is -2.34. The molecule has 0 spiro atoms. The fraction of sp³-hybridized carbons (Fsp3) is 0.583. The zero-order valence-electron chi connectivity index (χ0n) is 10.9. The lowest BCUT2D eigenvalue weighted by atomic mass is 9.94. The van der Waals surface area contributed by atoms with E-state index in [4.69, 9.17) is 5.73 Å². The highest BCUT2D eigenvalue weighted by Gasteiger charge is 2.23. The molecule has 3 heterocycles. The number of hydrogen-bond acceptors (Lipinski definition) is 5. The molecule has 0 aromatic carbocycles. The molecule has 19 heavy (non-hydrogen) atoms. The topological polar surface area (TPSA) is 92.3 Å². The summed E-state index contributed by atoms with van der Waals surface area (Å²) in [6.45, 7) is 4.68. The molecule has 0 aliphatic carbocycles. The fourth-order valence-corrected chi connectivity index (χ4v) is 2.49. The summed E-state index contributed by atoms with van der Waals surface area (Å²) < 4.78 is 1.33. The third-order valence-corrected chi connectivity index (χ3v) is 3.81. The van der Waals surface area contributed by atoms with Crippen LogP contribution in [0.1, 0.15) is 19.0 Å². The molecule has 7 heteroatoms. The quantitative estimate of drug-likeness (QED) is 0.767. The predicted molar refractivity (Wildman–Crippen MR) is 70.6 cm³/mol. The van der Waals surface area contributed by atoms with Gasteiger partial charge < -0.3 is 5.73 Å². The number of nitrogens with two attached hydrogens (primary N) is 1. The van der Waals surface area contributed by atoms with Crippen LogP contribution >= 0.6 is 0 Å². The zero-order valence-corrected chi connectivity index (χ0v) is 10.9. The van der Waals surface area contributed by atoms with Crippen molar-refractivity contribution in [2.24, 2.45) is 11.7 Å². The van der Waals surface area contributed by atoms with Crippen molar-refractivity contribution in [3.8, 4) is 0 Å². The summed E-state index contributed by atoms with van der Waals surface area (Å²) in [5.74, 6) is 0.973. The summed E-state index contributed by atoms with van der Waals surface area (Å²) in [7, 11) is 0. The van der Waals surface area contributed by atoms with Gasteiger partial charge in [-0.25, -0.2) is 9.97 Å². The minimum Gasteiger partial charge on any atom is -0.326 e. The maximum atomic E-state index is 11.8. The molecule has 1 saturated heterocycles. The van der Waals surface area contributed by atoms with Gasteiger partial charge in [-0.3, -0.25) is 14.8 Å². The van der Waals surface area contributed by atoms with E-state index in [0.717, 1.165) is 25.2 Å². The largest absolute Gasteiger partial charge is 0.326 e. The van der Waals surface area contributed by atoms with Crippen molar-refractivity contribution >= 4 is 5.78 Å². The number of H-pyrrole nitrogens is 1. The summed E-state index contributed by atoms with van der Waals surface area (Å²) in [4.78, 5) is 22.5. The third-order valence-electron chi connectivity index (χ3n) is 3.81. The molecule has 7 nitrogen and oxygen atoms in total. The normalized spacial score (nSPS) is 24.9. The summed E-state index contributed by atoms with van der Waals surface area (Å²) >= 11 is 0. The van der Waals surface area contributed by atoms with Gasteiger partial charge in [0.2, 0.25) is 0 Å². The van der Waals surface area contributed by atoms with E-state index in [1.807, 2.05) is 0 Å². The Balaban J connectivity index is 1.80. The van der Waals surface area contributed by atoms with E-state index in [0.29, 0.717) is 18.2 Å². The molecule has 0 radical (unpaired) electrons. The number of rotatable bonds is 2. The highest BCUT2D eigenvalue weighted by atomic mass is 16.1. The van der Waals surface area contributed by atoms with Crippen LogP contribution in [0.5, 0.6) is 0 Å². The molecule has 2 atom stereocenters. The average molecular weight is 262 g/mol. The van der Waals surface area contributed by atoms with Gasteiger partial charge in [-0.1, -0.05) is 6.92 Å². The summed E-state index contributed by atoms with van der Waals surface area (Å²) in [5, 5.41) is 2.73. The number of likely N-dealkylation sites (tertiary alicyclic amines) is 1. The molecule has 2 unspecified atom stereocenters. The smallest absolute Gasteiger partial charge is 0.274 e. The van der Waals surface area contributed by atoms with Gasteiger partial charge >= 0.3 is 0 Å². The molecule has 0 saturated carbocycles. The van der Waals surface area contributed by atoms with Gasteiger partial charge in [0.05, 0.1) is 5.69 Å². The van der Waals surface area contributed by atoms with Crippen LogP contribution in [0.25, 0.3) is 5.78 Å². The molecule has 3 N–H and O–H groups in total. The van der Waals surface area contributed by atoms with E-state index in [1.54, 1.807) is 6.07 Å². The maximum absolute atomic E-state index is 11.8. The maximum Gasteiger partial charge on any atom is 0.274 e. The Bertz CT molecular complexity index is 632. The molecule has 1 aliphatic heterocycles. The molecule has 0 amide bonds. The van der Waals surface area contributed by atoms with Crippen LogP contribution in [0.2, 0.25) is 0 Å². The lowest BCUT2D eigenvalue weighted by molar-refractivity contribution is 0.160. The number of piperidine rings is 1. The van der Waals surface area contributed by atoms with Crippen LogP contribution in [0, 0.1) is 5.92 Å². The van der Waals surface area contributed by atoms with Gasteiger partial charge in [0.1, 0.15) is 6.33 Å². The number of nitrogens with zero attached hydrogens (tertiary/aromatic N) is 4. The van der Waals surface area contributed by atoms with E-state index < -0.39 is 0 Å². The summed E-state index contributed by atoms with van der Waals surface area (Å²) in [6, 6.07) is 1.75. The van der Waals surface area contributed by atoms with E-state index in [2.05, 4.69) is 26.9 Å². The van der Waals surface area contributed by atoms with E-state index in [1.165, 1.54) is 10.8 Å². The minimum atomic E-state index is -0.132. The van der Waals surface area contributed by atoms with Crippen molar-refractivity contribution in [1.82, 2.24) is 24.5 Å². The van der Waals surface area contributed by atoms with Gasteiger partial charge in [0.15, 0.2) is 0 Å². The number of nitrogens with one attached hydrogen (secondary N) is 1. The first-order chi connectivity index (χ1) is 9.13. The van der Waals surface area contributed by atoms with E-state index in [-0.39, 0.29) is 11.6 Å². The van der Waals surface area contributed by atoms with Crippen molar-refractivity contribution < 1.29 is 0 Å². The fourth-order valence-electron chi connectivity index (χ4n) is 2.49. The molecule has 1 aliphatic rings. The monoisotopic (exact) mass is 262 g/mol. The molecule has 0 bridgehead atoms. The lowest BCUT2D eigenvalue weighted by Crippen LogP contribution is -2.47. The Morgan fingerprint density at radius 2 is 2.42 bits per heavy atom. The van der Waals surface area contributed by atoms with Crippen molar-refractivity contribution in [2.75, 3.05) is 13.1 Å². The molecule has 2 aromatic heterocycles. The molecule has 102 valence electrons. The number of aromatic amines is 1. The van der Waals surface area contributed by atoms with Gasteiger partial charge in [0.25, 0.3) is 11.3 Å². The number of fused-ring (bicyclic) bond motifs is 1. The highest BCUT2D eigenvalue weighted by molar-refractivity contribution is 5.25. The molecule has 1 fully saturated rings. The van der Waals surface area contributed by atoms with Crippen molar-refractivity contribution in [3.63, 3.8) is 0 Å². The van der Waals surface area contributed by atoms with Crippen molar-refractivity contribution in [2.45, 2.75) is 25.9 Å². The van der Waals surface area contributed by atoms with Crippen LogP contribution in [0.4, 0.5) is 0 Å². The molecule has 2 aromatic rings. The predicted octanol–water partition coefficient (Wildman–Crippen LogP) is -0.413. The second kappa shape index (κ2) is 4.75. The van der Waals surface area contributed by atoms with Crippen LogP contribution in [0.3, 0.4) is 0 Å². The highest BCUT2D eigenvalue weighted by Crippen LogP contribution is 2.16. The number of hydrogen-bond donors (Lipinski definition) is 2. The first-order valence-corrected chi connectivity index (χ1v) is 6.53. The van der Waals surface area contributed by atoms with Crippen LogP contribution in [-0.4, -0.2) is 43.6 Å². The Labute approximate surface area is 110 Å². The second-order valence-electron chi connectivity index (χ2n) is 5.27. The van der Waals surface area contributed by atoms with Gasteiger partial charge in [0, 0.05) is 25.2 Å². The Morgan fingerprint density at radius 1 is 1.58 bits per heavy atom. The SMILES string of the molecule is CC1CCN(Cc2cc(=O)n3[nH]cnc3n2)CC1N. The van der Waals surface area contributed by atoms with E-state index >= 15 is 0 Å². The standard InChI is InChI=1S/C12H18N6O/c1-8-2-3-17(6-10(8)13)5-9-4-11(19)18-12(16-9)14-7-15-18/h4,7-8,10H,2-3,5-6,13H2,1H3,(H,14,15,16). The van der Waals surface area contributed by atoms with Gasteiger partial charge in [-0.2, -0.15) is 4.52 Å². The Kier molecular flexibility index (Phi) is 3.08. The van der Waals surface area contributed by atoms with Gasteiger partial charge in [-0.05, 0) is 18.9 Å². The van der Waals surface area contributed by atoms with Crippen LogP contribution < -0.4 is 11.3 Å². The third kappa shape index (κ3) is 2.39. The Hall–Kier alpha value is -1.73. The van der Waals surface area contributed by atoms with Crippen LogP contribution in [-0.2, 0) is 6.54 Å². The molecule has 3 rings (SSSR count). The second-order valence-corrected chi connectivity index (χ2v) is 5.27. The van der Waals surface area contributed by atoms with Gasteiger partial charge in [-0.15, -0.1) is 0 Å². The summed E-state index contributed by atoms with van der Waals surface area (Å²) in [6.07, 6.45) is 2.55.